The maximum absolute atomic E-state index is 11.4. The molecule has 2 N–H and O–H groups in total. The first-order valence-corrected chi connectivity index (χ1v) is 6.52. The van der Waals surface area contributed by atoms with Crippen molar-refractivity contribution in [3.63, 3.8) is 0 Å². The molecule has 0 saturated heterocycles. The summed E-state index contributed by atoms with van der Waals surface area (Å²) in [5.74, 6) is -2.63. The van der Waals surface area contributed by atoms with Crippen LogP contribution in [-0.4, -0.2) is 49.2 Å². The minimum absolute atomic E-state index is 0.0646. The minimum atomic E-state index is -1.89. The van der Waals surface area contributed by atoms with Gasteiger partial charge in [-0.2, -0.15) is 0 Å². The highest BCUT2D eigenvalue weighted by Crippen LogP contribution is 2.23. The molecule has 0 bridgehead atoms. The topological polar surface area (TPSA) is 85.2 Å². The van der Waals surface area contributed by atoms with E-state index in [1.807, 2.05) is 0 Å². The fourth-order valence-electron chi connectivity index (χ4n) is 1.57. The van der Waals surface area contributed by atoms with Crippen molar-refractivity contribution >= 4 is 5.97 Å². The van der Waals surface area contributed by atoms with Crippen molar-refractivity contribution < 1.29 is 29.2 Å². The van der Waals surface area contributed by atoms with E-state index in [-0.39, 0.29) is 33.0 Å². The standard InChI is InChI=1S/C15H20O6/c1-2-14(17)21-15(18,13-6-4-3-5-7-13)12-20-11-10-19-9-8-16/h2-7,16,18H,1,8-12H2. The number of hydrogen-bond donors (Lipinski definition) is 2. The highest BCUT2D eigenvalue weighted by atomic mass is 16.7. The molecule has 1 aromatic rings. The quantitative estimate of drug-likeness (QED) is 0.284. The predicted molar refractivity (Wildman–Crippen MR) is 75.4 cm³/mol. The Labute approximate surface area is 123 Å². The lowest BCUT2D eigenvalue weighted by Crippen LogP contribution is -2.37. The molecule has 0 aromatic heterocycles. The summed E-state index contributed by atoms with van der Waals surface area (Å²) in [6.45, 7) is 3.68. The van der Waals surface area contributed by atoms with Crippen molar-refractivity contribution in [2.24, 2.45) is 0 Å². The zero-order valence-corrected chi connectivity index (χ0v) is 11.7. The third-order valence-corrected chi connectivity index (χ3v) is 2.57. The normalized spacial score (nSPS) is 13.4. The van der Waals surface area contributed by atoms with Crippen molar-refractivity contribution in [1.82, 2.24) is 0 Å². The van der Waals surface area contributed by atoms with Crippen LogP contribution in [0.4, 0.5) is 0 Å². The van der Waals surface area contributed by atoms with E-state index in [9.17, 15) is 9.90 Å². The van der Waals surface area contributed by atoms with Gasteiger partial charge < -0.3 is 24.4 Å². The fourth-order valence-corrected chi connectivity index (χ4v) is 1.57. The van der Waals surface area contributed by atoms with Crippen molar-refractivity contribution in [3.05, 3.63) is 48.6 Å². The molecule has 0 aliphatic heterocycles. The first-order chi connectivity index (χ1) is 10.1. The van der Waals surface area contributed by atoms with Gasteiger partial charge in [-0.25, -0.2) is 4.79 Å². The zero-order chi connectivity index (χ0) is 15.6. The van der Waals surface area contributed by atoms with Crippen LogP contribution in [0.5, 0.6) is 0 Å². The molecular weight excluding hydrogens is 276 g/mol. The maximum Gasteiger partial charge on any atom is 0.333 e. The van der Waals surface area contributed by atoms with E-state index in [1.165, 1.54) is 0 Å². The highest BCUT2D eigenvalue weighted by molar-refractivity contribution is 5.81. The largest absolute Gasteiger partial charge is 0.423 e. The van der Waals surface area contributed by atoms with Gasteiger partial charge in [0.15, 0.2) is 0 Å². The highest BCUT2D eigenvalue weighted by Gasteiger charge is 2.33. The Kier molecular flexibility index (Phi) is 7.63. The maximum atomic E-state index is 11.4. The molecule has 6 heteroatoms. The Balaban J connectivity index is 2.61. The first kappa shape index (κ1) is 17.3. The van der Waals surface area contributed by atoms with Crippen molar-refractivity contribution in [2.45, 2.75) is 5.79 Å². The van der Waals surface area contributed by atoms with Crippen LogP contribution < -0.4 is 0 Å². The SMILES string of the molecule is C=CC(=O)OC(O)(COCCOCCO)c1ccccc1. The van der Waals surface area contributed by atoms with E-state index in [0.29, 0.717) is 5.56 Å². The molecule has 1 atom stereocenters. The number of benzene rings is 1. The van der Waals surface area contributed by atoms with Crippen LogP contribution in [0.25, 0.3) is 0 Å². The summed E-state index contributed by atoms with van der Waals surface area (Å²) in [6, 6.07) is 8.46. The summed E-state index contributed by atoms with van der Waals surface area (Å²) in [5.41, 5.74) is 0.400. The lowest BCUT2D eigenvalue weighted by Gasteiger charge is -2.27. The lowest BCUT2D eigenvalue weighted by atomic mass is 10.1. The molecule has 0 aliphatic carbocycles. The third-order valence-electron chi connectivity index (χ3n) is 2.57. The molecule has 21 heavy (non-hydrogen) atoms. The summed E-state index contributed by atoms with van der Waals surface area (Å²) in [4.78, 5) is 11.4. The minimum Gasteiger partial charge on any atom is -0.423 e. The Morgan fingerprint density at radius 1 is 1.19 bits per heavy atom. The summed E-state index contributed by atoms with van der Waals surface area (Å²) >= 11 is 0. The van der Waals surface area contributed by atoms with Gasteiger partial charge in [0, 0.05) is 11.6 Å². The molecular formula is C15H20O6. The first-order valence-electron chi connectivity index (χ1n) is 6.52. The van der Waals surface area contributed by atoms with Crippen molar-refractivity contribution in [2.75, 3.05) is 33.0 Å². The molecule has 1 rings (SSSR count). The molecule has 1 unspecified atom stereocenters. The zero-order valence-electron chi connectivity index (χ0n) is 11.7. The molecule has 0 amide bonds. The molecule has 1 aromatic carbocycles. The molecule has 0 aliphatic rings. The van der Waals surface area contributed by atoms with Gasteiger partial charge in [-0.05, 0) is 0 Å². The average Bonchev–Trinajstić information content (AvgIpc) is 2.51. The van der Waals surface area contributed by atoms with Crippen molar-refractivity contribution in [3.8, 4) is 0 Å². The van der Waals surface area contributed by atoms with Gasteiger partial charge in [0.1, 0.15) is 6.61 Å². The second kappa shape index (κ2) is 9.25. The van der Waals surface area contributed by atoms with Gasteiger partial charge >= 0.3 is 5.97 Å². The van der Waals surface area contributed by atoms with Gasteiger partial charge in [0.2, 0.25) is 0 Å². The number of hydrogen-bond acceptors (Lipinski definition) is 6. The molecule has 0 spiro atoms. The second-order valence-corrected chi connectivity index (χ2v) is 4.16. The smallest absolute Gasteiger partial charge is 0.333 e. The van der Waals surface area contributed by atoms with Gasteiger partial charge in [0.25, 0.3) is 5.79 Å². The number of aliphatic hydroxyl groups excluding tert-OH is 1. The summed E-state index contributed by atoms with van der Waals surface area (Å²) in [6.07, 6.45) is 0.971. The predicted octanol–water partition coefficient (Wildman–Crippen LogP) is 0.586. The molecule has 0 heterocycles. The number of rotatable bonds is 10. The monoisotopic (exact) mass is 296 g/mol. The number of ether oxygens (including phenoxy) is 3. The Hall–Kier alpha value is -1.73. The van der Waals surface area contributed by atoms with Crippen LogP contribution in [0, 0.1) is 0 Å². The number of aliphatic hydroxyl groups is 2. The van der Waals surface area contributed by atoms with E-state index in [1.54, 1.807) is 30.3 Å². The number of esters is 1. The van der Waals surface area contributed by atoms with Crippen LogP contribution in [0.3, 0.4) is 0 Å². The fraction of sp³-hybridized carbons (Fsp3) is 0.400. The lowest BCUT2D eigenvalue weighted by molar-refractivity contribution is -0.232. The van der Waals surface area contributed by atoms with E-state index in [4.69, 9.17) is 19.3 Å². The van der Waals surface area contributed by atoms with Crippen LogP contribution in [0.15, 0.2) is 43.0 Å². The molecule has 0 radical (unpaired) electrons. The van der Waals surface area contributed by atoms with Crippen LogP contribution in [0.1, 0.15) is 5.56 Å². The average molecular weight is 296 g/mol. The second-order valence-electron chi connectivity index (χ2n) is 4.16. The summed E-state index contributed by atoms with van der Waals surface area (Å²) in [7, 11) is 0. The Morgan fingerprint density at radius 3 is 2.48 bits per heavy atom. The van der Waals surface area contributed by atoms with E-state index >= 15 is 0 Å². The van der Waals surface area contributed by atoms with Crippen LogP contribution in [-0.2, 0) is 24.8 Å². The number of carbonyl (C=O) groups is 1. The molecule has 0 saturated carbocycles. The van der Waals surface area contributed by atoms with E-state index in [2.05, 4.69) is 6.58 Å². The third kappa shape index (κ3) is 6.05. The Morgan fingerprint density at radius 2 is 1.86 bits per heavy atom. The van der Waals surface area contributed by atoms with Crippen LogP contribution >= 0.6 is 0 Å². The summed E-state index contributed by atoms with van der Waals surface area (Å²) < 4.78 is 15.3. The number of carbonyl (C=O) groups excluding carboxylic acids is 1. The van der Waals surface area contributed by atoms with Gasteiger partial charge in [-0.1, -0.05) is 36.9 Å². The summed E-state index contributed by atoms with van der Waals surface area (Å²) in [5, 5.41) is 19.0. The molecule has 6 nitrogen and oxygen atoms in total. The Bertz CT molecular complexity index is 433. The molecule has 0 fully saturated rings. The van der Waals surface area contributed by atoms with Gasteiger partial charge in [0.05, 0.1) is 26.4 Å². The van der Waals surface area contributed by atoms with Crippen LogP contribution in [0.2, 0.25) is 0 Å². The van der Waals surface area contributed by atoms with Crippen molar-refractivity contribution in [1.29, 1.82) is 0 Å². The van der Waals surface area contributed by atoms with Gasteiger partial charge in [-0.15, -0.1) is 0 Å². The van der Waals surface area contributed by atoms with Gasteiger partial charge in [-0.3, -0.25) is 0 Å². The van der Waals surface area contributed by atoms with E-state index < -0.39 is 11.8 Å². The molecule has 116 valence electrons. The van der Waals surface area contributed by atoms with E-state index in [0.717, 1.165) is 6.08 Å².